The molecule has 0 saturated heterocycles. The Balaban J connectivity index is 1.50. The number of hydrogen-bond donors (Lipinski definition) is 3. The molecule has 1 unspecified atom stereocenters. The van der Waals surface area contributed by atoms with Gasteiger partial charge in [-0.1, -0.05) is 47.5 Å². The summed E-state index contributed by atoms with van der Waals surface area (Å²) in [4.78, 5) is 36.4. The highest BCUT2D eigenvalue weighted by Gasteiger charge is 2.25. The molecule has 0 fully saturated rings. The van der Waals surface area contributed by atoms with Crippen LogP contribution in [-0.2, 0) is 20.7 Å². The van der Waals surface area contributed by atoms with Crippen LogP contribution in [0.15, 0.2) is 54.6 Å². The number of ether oxygens (including phenoxy) is 2. The minimum atomic E-state index is -1.04. The number of carbonyl (C=O) groups excluding carboxylic acids is 3. The Hall–Kier alpha value is -3.75. The number of rotatable bonds is 6. The maximum absolute atomic E-state index is 13.0. The lowest BCUT2D eigenvalue weighted by molar-refractivity contribution is -0.152. The van der Waals surface area contributed by atoms with Crippen molar-refractivity contribution in [2.24, 2.45) is 0 Å². The fraction of sp³-hybridized carbons (Fsp3) is 0.192. The van der Waals surface area contributed by atoms with Gasteiger partial charge in [0.1, 0.15) is 11.5 Å². The smallest absolute Gasteiger partial charge is 0.397 e. The van der Waals surface area contributed by atoms with E-state index in [1.54, 1.807) is 6.92 Å². The first-order chi connectivity index (χ1) is 17.3. The predicted molar refractivity (Wildman–Crippen MR) is 135 cm³/mol. The van der Waals surface area contributed by atoms with Crippen molar-refractivity contribution >= 4 is 46.7 Å². The Bertz CT molecular complexity index is 1320. The van der Waals surface area contributed by atoms with Gasteiger partial charge in [0.05, 0.1) is 28.3 Å². The molecule has 186 valence electrons. The number of halogens is 2. The molecular weight excluding hydrogens is 507 g/mol. The van der Waals surface area contributed by atoms with Crippen molar-refractivity contribution in [3.05, 3.63) is 81.3 Å². The number of esters is 1. The van der Waals surface area contributed by atoms with E-state index in [-0.39, 0.29) is 51.2 Å². The summed E-state index contributed by atoms with van der Waals surface area (Å²) in [6.45, 7) is 1.64. The Kier molecular flexibility index (Phi) is 7.67. The van der Waals surface area contributed by atoms with Crippen LogP contribution >= 0.6 is 23.2 Å². The third-order valence-corrected chi connectivity index (χ3v) is 6.15. The molecule has 2 amide bonds. The number of benzene rings is 3. The van der Waals surface area contributed by atoms with Gasteiger partial charge in [0.2, 0.25) is 0 Å². The van der Waals surface area contributed by atoms with Crippen molar-refractivity contribution in [1.29, 1.82) is 0 Å². The fourth-order valence-corrected chi connectivity index (χ4v) is 4.49. The molecule has 0 spiro atoms. The highest BCUT2D eigenvalue weighted by molar-refractivity contribution is 6.39. The summed E-state index contributed by atoms with van der Waals surface area (Å²) in [6, 6.07) is 14.6. The molecule has 0 heterocycles. The van der Waals surface area contributed by atoms with Gasteiger partial charge in [-0.05, 0) is 61.2 Å². The molecule has 8 nitrogen and oxygen atoms in total. The number of aromatic hydroxyl groups is 1. The molecule has 1 atom stereocenters. The number of phenolic OH excluding ortho intramolecular Hbond substituents is 1. The van der Waals surface area contributed by atoms with Gasteiger partial charge < -0.3 is 25.2 Å². The Morgan fingerprint density at radius 2 is 1.78 bits per heavy atom. The van der Waals surface area contributed by atoms with Crippen LogP contribution in [0.3, 0.4) is 0 Å². The second-order valence-electron chi connectivity index (χ2n) is 7.99. The molecule has 0 aliphatic heterocycles. The van der Waals surface area contributed by atoms with E-state index >= 15 is 0 Å². The number of phenols is 1. The topological polar surface area (TPSA) is 114 Å². The lowest BCUT2D eigenvalue weighted by atomic mass is 10.1. The first-order valence-corrected chi connectivity index (χ1v) is 11.9. The molecule has 1 aliphatic carbocycles. The number of nitrogens with one attached hydrogen (secondary N) is 2. The van der Waals surface area contributed by atoms with Gasteiger partial charge in [-0.2, -0.15) is 0 Å². The van der Waals surface area contributed by atoms with Gasteiger partial charge in [0, 0.05) is 5.69 Å². The zero-order valence-electron chi connectivity index (χ0n) is 19.1. The Morgan fingerprint density at radius 3 is 2.50 bits per heavy atom. The van der Waals surface area contributed by atoms with Crippen molar-refractivity contribution in [3.63, 3.8) is 0 Å². The average molecular weight is 529 g/mol. The average Bonchev–Trinajstić information content (AvgIpc) is 3.25. The summed E-state index contributed by atoms with van der Waals surface area (Å²) in [7, 11) is 0. The molecule has 3 aromatic rings. The van der Waals surface area contributed by atoms with E-state index in [1.807, 2.05) is 24.3 Å². The van der Waals surface area contributed by atoms with Crippen LogP contribution in [0.1, 0.15) is 40.9 Å². The van der Waals surface area contributed by atoms with Crippen LogP contribution < -0.4 is 15.4 Å². The second kappa shape index (κ2) is 10.9. The normalized spacial score (nSPS) is 14.0. The SMILES string of the molecule is CCOC(=O)C(=O)Nc1cc(Cl)c(Oc2ccc(O)c(C(=O)NC3CCc4ccccc43)c2)c(Cl)c1. The highest BCUT2D eigenvalue weighted by Crippen LogP contribution is 2.40. The lowest BCUT2D eigenvalue weighted by Crippen LogP contribution is -2.27. The molecule has 0 bridgehead atoms. The number of hydrogen-bond acceptors (Lipinski definition) is 6. The fourth-order valence-electron chi connectivity index (χ4n) is 3.93. The van der Waals surface area contributed by atoms with Crippen LogP contribution in [0, 0.1) is 0 Å². The van der Waals surface area contributed by atoms with E-state index in [0.717, 1.165) is 18.4 Å². The Labute approximate surface area is 217 Å². The van der Waals surface area contributed by atoms with Crippen LogP contribution in [0.5, 0.6) is 17.2 Å². The molecule has 36 heavy (non-hydrogen) atoms. The van der Waals surface area contributed by atoms with Gasteiger partial charge in [0.15, 0.2) is 5.75 Å². The van der Waals surface area contributed by atoms with Gasteiger partial charge in [-0.3, -0.25) is 9.59 Å². The third kappa shape index (κ3) is 5.56. The van der Waals surface area contributed by atoms with E-state index in [0.29, 0.717) is 0 Å². The van der Waals surface area contributed by atoms with Crippen molar-refractivity contribution in [2.45, 2.75) is 25.8 Å². The quantitative estimate of drug-likeness (QED) is 0.291. The summed E-state index contributed by atoms with van der Waals surface area (Å²) in [5.74, 6) is -2.40. The van der Waals surface area contributed by atoms with Crippen molar-refractivity contribution in [3.8, 4) is 17.2 Å². The van der Waals surface area contributed by atoms with Crippen LogP contribution in [0.2, 0.25) is 10.0 Å². The van der Waals surface area contributed by atoms with Gasteiger partial charge >= 0.3 is 11.9 Å². The minimum absolute atomic E-state index is 0.0300. The maximum atomic E-state index is 13.0. The zero-order chi connectivity index (χ0) is 25.8. The summed E-state index contributed by atoms with van der Waals surface area (Å²) >= 11 is 12.6. The molecule has 10 heteroatoms. The van der Waals surface area contributed by atoms with E-state index in [1.165, 1.54) is 35.9 Å². The monoisotopic (exact) mass is 528 g/mol. The number of amides is 2. The first kappa shape index (κ1) is 25.3. The Morgan fingerprint density at radius 1 is 1.06 bits per heavy atom. The molecule has 3 aromatic carbocycles. The maximum Gasteiger partial charge on any atom is 0.397 e. The van der Waals surface area contributed by atoms with Crippen LogP contribution in [0.4, 0.5) is 5.69 Å². The summed E-state index contributed by atoms with van der Waals surface area (Å²) in [5, 5.41) is 15.7. The number of fused-ring (bicyclic) bond motifs is 1. The van der Waals surface area contributed by atoms with Gasteiger partial charge in [0.25, 0.3) is 5.91 Å². The molecular formula is C26H22Cl2N2O6. The first-order valence-electron chi connectivity index (χ1n) is 11.1. The molecule has 4 rings (SSSR count). The van der Waals surface area contributed by atoms with Crippen LogP contribution in [-0.4, -0.2) is 29.5 Å². The third-order valence-electron chi connectivity index (χ3n) is 5.59. The van der Waals surface area contributed by atoms with E-state index in [4.69, 9.17) is 27.9 Å². The minimum Gasteiger partial charge on any atom is -0.507 e. The summed E-state index contributed by atoms with van der Waals surface area (Å²) < 4.78 is 10.4. The van der Waals surface area contributed by atoms with Crippen LogP contribution in [0.25, 0.3) is 0 Å². The van der Waals surface area contributed by atoms with Crippen molar-refractivity contribution in [2.75, 3.05) is 11.9 Å². The molecule has 0 radical (unpaired) electrons. The van der Waals surface area contributed by atoms with Gasteiger partial charge in [-0.25, -0.2) is 4.79 Å². The van der Waals surface area contributed by atoms with Gasteiger partial charge in [-0.15, -0.1) is 0 Å². The van der Waals surface area contributed by atoms with Crippen molar-refractivity contribution < 1.29 is 29.0 Å². The van der Waals surface area contributed by atoms with E-state index in [2.05, 4.69) is 15.4 Å². The van der Waals surface area contributed by atoms with E-state index in [9.17, 15) is 19.5 Å². The second-order valence-corrected chi connectivity index (χ2v) is 8.80. The predicted octanol–water partition coefficient (Wildman–Crippen LogP) is 5.41. The molecule has 0 aromatic heterocycles. The lowest BCUT2D eigenvalue weighted by Gasteiger charge is -2.16. The largest absolute Gasteiger partial charge is 0.507 e. The zero-order valence-corrected chi connectivity index (χ0v) is 20.7. The molecule has 0 saturated carbocycles. The molecule has 3 N–H and O–H groups in total. The molecule has 1 aliphatic rings. The number of anilines is 1. The van der Waals surface area contributed by atoms with E-state index < -0.39 is 17.8 Å². The van der Waals surface area contributed by atoms with Crippen molar-refractivity contribution in [1.82, 2.24) is 5.32 Å². The highest BCUT2D eigenvalue weighted by atomic mass is 35.5. The number of aryl methyl sites for hydroxylation is 1. The number of carbonyl (C=O) groups is 3. The summed E-state index contributed by atoms with van der Waals surface area (Å²) in [6.07, 6.45) is 1.63. The summed E-state index contributed by atoms with van der Waals surface area (Å²) in [5.41, 5.74) is 2.45. The standard InChI is InChI=1S/C26H22Cl2N2O6/c1-2-35-26(34)25(33)29-15-11-19(27)23(20(28)12-15)36-16-8-10-22(31)18(13-16)24(32)30-21-9-7-14-5-3-4-6-17(14)21/h3-6,8,10-13,21,31H,2,7,9H2,1H3,(H,29,33)(H,30,32).